The van der Waals surface area contributed by atoms with Crippen LogP contribution >= 0.6 is 12.4 Å². The first kappa shape index (κ1) is 17.5. The van der Waals surface area contributed by atoms with Crippen molar-refractivity contribution in [2.75, 3.05) is 20.1 Å². The minimum atomic E-state index is 0. The van der Waals surface area contributed by atoms with Crippen LogP contribution in [0.2, 0.25) is 0 Å². The summed E-state index contributed by atoms with van der Waals surface area (Å²) < 4.78 is 0. The molecule has 3 nitrogen and oxygen atoms in total. The molecule has 0 atom stereocenters. The Hall–Kier alpha value is -1.84. The van der Waals surface area contributed by atoms with Crippen LogP contribution in [0.3, 0.4) is 0 Å². The van der Waals surface area contributed by atoms with Crippen molar-refractivity contribution in [1.82, 2.24) is 10.2 Å². The SMILES string of the molecule is CN(C(=O)c1ccc(-c2ccccc2)cc1)C1CCNCC1.Cl. The number of rotatable bonds is 3. The molecule has 1 N–H and O–H groups in total. The standard InChI is InChI=1S/C19H22N2O.ClH/c1-21(18-11-13-20-14-12-18)19(22)17-9-7-16(8-10-17)15-5-3-2-4-6-15;/h2-10,18,20H,11-14H2,1H3;1H. The lowest BCUT2D eigenvalue weighted by atomic mass is 10.0. The van der Waals surface area contributed by atoms with Crippen molar-refractivity contribution in [3.63, 3.8) is 0 Å². The molecule has 3 rings (SSSR count). The van der Waals surface area contributed by atoms with E-state index in [1.54, 1.807) is 0 Å². The van der Waals surface area contributed by atoms with Crippen LogP contribution in [-0.2, 0) is 0 Å². The summed E-state index contributed by atoms with van der Waals surface area (Å²) in [6.45, 7) is 1.99. The third kappa shape index (κ3) is 4.12. The van der Waals surface area contributed by atoms with Crippen molar-refractivity contribution in [2.45, 2.75) is 18.9 Å². The monoisotopic (exact) mass is 330 g/mol. The summed E-state index contributed by atoms with van der Waals surface area (Å²) in [5, 5.41) is 3.34. The van der Waals surface area contributed by atoms with E-state index in [1.807, 2.05) is 54.4 Å². The fourth-order valence-corrected chi connectivity index (χ4v) is 3.00. The second-order valence-electron chi connectivity index (χ2n) is 5.84. The Morgan fingerprint density at radius 3 is 2.13 bits per heavy atom. The van der Waals surface area contributed by atoms with Crippen molar-refractivity contribution >= 4 is 18.3 Å². The predicted molar refractivity (Wildman–Crippen MR) is 97.1 cm³/mol. The molecule has 0 radical (unpaired) electrons. The van der Waals surface area contributed by atoms with Gasteiger partial charge in [-0.1, -0.05) is 42.5 Å². The molecule has 0 unspecified atom stereocenters. The third-order valence-electron chi connectivity index (χ3n) is 4.42. The van der Waals surface area contributed by atoms with Gasteiger partial charge in [-0.3, -0.25) is 4.79 Å². The molecule has 1 amide bonds. The number of nitrogens with zero attached hydrogens (tertiary/aromatic N) is 1. The molecule has 0 aromatic heterocycles. The van der Waals surface area contributed by atoms with Crippen LogP contribution in [0, 0.1) is 0 Å². The van der Waals surface area contributed by atoms with Gasteiger partial charge in [0.1, 0.15) is 0 Å². The second-order valence-corrected chi connectivity index (χ2v) is 5.84. The number of benzene rings is 2. The van der Waals surface area contributed by atoms with Crippen molar-refractivity contribution in [1.29, 1.82) is 0 Å². The Labute approximate surface area is 144 Å². The Morgan fingerprint density at radius 2 is 1.52 bits per heavy atom. The summed E-state index contributed by atoms with van der Waals surface area (Å²) in [6, 6.07) is 18.5. The van der Waals surface area contributed by atoms with Gasteiger partial charge >= 0.3 is 0 Å². The molecule has 122 valence electrons. The van der Waals surface area contributed by atoms with Crippen LogP contribution in [0.4, 0.5) is 0 Å². The molecule has 0 aliphatic carbocycles. The number of halogens is 1. The lowest BCUT2D eigenvalue weighted by Crippen LogP contribution is -2.43. The van der Waals surface area contributed by atoms with Gasteiger partial charge < -0.3 is 10.2 Å². The summed E-state index contributed by atoms with van der Waals surface area (Å²) in [5.74, 6) is 0.117. The highest BCUT2D eigenvalue weighted by atomic mass is 35.5. The maximum absolute atomic E-state index is 12.6. The quantitative estimate of drug-likeness (QED) is 0.932. The number of hydrogen-bond donors (Lipinski definition) is 1. The molecular formula is C19H23ClN2O. The van der Waals surface area contributed by atoms with Crippen LogP contribution in [0.1, 0.15) is 23.2 Å². The van der Waals surface area contributed by atoms with Crippen LogP contribution in [0.15, 0.2) is 54.6 Å². The summed E-state index contributed by atoms with van der Waals surface area (Å²) in [4.78, 5) is 14.5. The van der Waals surface area contributed by atoms with Gasteiger partial charge in [-0.25, -0.2) is 0 Å². The molecule has 2 aromatic rings. The first-order chi connectivity index (χ1) is 10.8. The van der Waals surface area contributed by atoms with E-state index < -0.39 is 0 Å². The van der Waals surface area contributed by atoms with Gasteiger partial charge in [0.05, 0.1) is 0 Å². The van der Waals surface area contributed by atoms with Crippen molar-refractivity contribution in [2.24, 2.45) is 0 Å². The number of carbonyl (C=O) groups excluding carboxylic acids is 1. The minimum absolute atomic E-state index is 0. The molecule has 1 aliphatic heterocycles. The van der Waals surface area contributed by atoms with Gasteiger partial charge in [-0.05, 0) is 49.2 Å². The van der Waals surface area contributed by atoms with Gasteiger partial charge in [0.25, 0.3) is 5.91 Å². The highest BCUT2D eigenvalue weighted by molar-refractivity contribution is 5.94. The van der Waals surface area contributed by atoms with E-state index in [2.05, 4.69) is 17.4 Å². The molecule has 1 saturated heterocycles. The summed E-state index contributed by atoms with van der Waals surface area (Å²) in [6.07, 6.45) is 2.06. The highest BCUT2D eigenvalue weighted by Crippen LogP contribution is 2.20. The largest absolute Gasteiger partial charge is 0.339 e. The Bertz CT molecular complexity index is 622. The molecule has 2 aromatic carbocycles. The summed E-state index contributed by atoms with van der Waals surface area (Å²) in [5.41, 5.74) is 3.08. The molecule has 0 spiro atoms. The lowest BCUT2D eigenvalue weighted by Gasteiger charge is -2.31. The third-order valence-corrected chi connectivity index (χ3v) is 4.42. The van der Waals surface area contributed by atoms with E-state index in [9.17, 15) is 4.79 Å². The molecular weight excluding hydrogens is 308 g/mol. The van der Waals surface area contributed by atoms with Crippen molar-refractivity contribution < 1.29 is 4.79 Å². The van der Waals surface area contributed by atoms with Gasteiger partial charge in [0, 0.05) is 18.7 Å². The van der Waals surface area contributed by atoms with Crippen molar-refractivity contribution in [3.05, 3.63) is 60.2 Å². The van der Waals surface area contributed by atoms with E-state index >= 15 is 0 Å². The van der Waals surface area contributed by atoms with Crippen LogP contribution in [0.5, 0.6) is 0 Å². The molecule has 0 saturated carbocycles. The number of amides is 1. The van der Waals surface area contributed by atoms with Crippen LogP contribution < -0.4 is 5.32 Å². The number of hydrogen-bond acceptors (Lipinski definition) is 2. The molecule has 1 fully saturated rings. The Balaban J connectivity index is 0.00000192. The number of carbonyl (C=O) groups is 1. The van der Waals surface area contributed by atoms with Gasteiger partial charge in [0.15, 0.2) is 0 Å². The molecule has 23 heavy (non-hydrogen) atoms. The number of piperidine rings is 1. The zero-order valence-corrected chi connectivity index (χ0v) is 14.2. The fraction of sp³-hybridized carbons (Fsp3) is 0.316. The normalized spacial score (nSPS) is 14.8. The smallest absolute Gasteiger partial charge is 0.253 e. The first-order valence-corrected chi connectivity index (χ1v) is 7.89. The average Bonchev–Trinajstić information content (AvgIpc) is 2.62. The van der Waals surface area contributed by atoms with Crippen molar-refractivity contribution in [3.8, 4) is 11.1 Å². The fourth-order valence-electron chi connectivity index (χ4n) is 3.00. The average molecular weight is 331 g/mol. The Kier molecular flexibility index (Phi) is 6.20. The van der Waals surface area contributed by atoms with Gasteiger partial charge in [0.2, 0.25) is 0 Å². The second kappa shape index (κ2) is 8.14. The molecule has 1 aliphatic rings. The van der Waals surface area contributed by atoms with Gasteiger partial charge in [-0.15, -0.1) is 12.4 Å². The molecule has 0 bridgehead atoms. The van der Waals surface area contributed by atoms with E-state index in [0.717, 1.165) is 37.1 Å². The minimum Gasteiger partial charge on any atom is -0.339 e. The Morgan fingerprint density at radius 1 is 0.957 bits per heavy atom. The topological polar surface area (TPSA) is 32.3 Å². The van der Waals surface area contributed by atoms with Crippen LogP contribution in [0.25, 0.3) is 11.1 Å². The van der Waals surface area contributed by atoms with E-state index in [4.69, 9.17) is 0 Å². The zero-order valence-electron chi connectivity index (χ0n) is 13.4. The highest BCUT2D eigenvalue weighted by Gasteiger charge is 2.22. The molecule has 1 heterocycles. The maximum Gasteiger partial charge on any atom is 0.253 e. The summed E-state index contributed by atoms with van der Waals surface area (Å²) >= 11 is 0. The lowest BCUT2D eigenvalue weighted by molar-refractivity contribution is 0.0703. The predicted octanol–water partition coefficient (Wildman–Crippen LogP) is 3.60. The molecule has 4 heteroatoms. The van der Waals surface area contributed by atoms with E-state index in [0.29, 0.717) is 6.04 Å². The maximum atomic E-state index is 12.6. The van der Waals surface area contributed by atoms with Crippen LogP contribution in [-0.4, -0.2) is 37.0 Å². The first-order valence-electron chi connectivity index (χ1n) is 7.89. The van der Waals surface area contributed by atoms with E-state index in [1.165, 1.54) is 5.56 Å². The summed E-state index contributed by atoms with van der Waals surface area (Å²) in [7, 11) is 1.92. The number of nitrogens with one attached hydrogen (secondary N) is 1. The van der Waals surface area contributed by atoms with Gasteiger partial charge in [-0.2, -0.15) is 0 Å². The van der Waals surface area contributed by atoms with E-state index in [-0.39, 0.29) is 18.3 Å². The zero-order chi connectivity index (χ0) is 15.4.